The Kier molecular flexibility index (Phi) is 3.64. The van der Waals surface area contributed by atoms with E-state index in [-0.39, 0.29) is 17.6 Å². The van der Waals surface area contributed by atoms with Crippen LogP contribution in [0.5, 0.6) is 0 Å². The van der Waals surface area contributed by atoms with Gasteiger partial charge in [0.2, 0.25) is 5.91 Å². The molecule has 0 aromatic heterocycles. The molecule has 3 heteroatoms. The van der Waals surface area contributed by atoms with Crippen LogP contribution in [0.1, 0.15) is 34.6 Å². The van der Waals surface area contributed by atoms with Crippen LogP contribution in [0.2, 0.25) is 0 Å². The van der Waals surface area contributed by atoms with Crippen molar-refractivity contribution in [1.82, 2.24) is 0 Å². The monoisotopic (exact) mass is 185 g/mol. The molecule has 0 fully saturated rings. The molecule has 0 aromatic rings. The molecule has 0 heterocycles. The Balaban J connectivity index is 5.32. The molecule has 0 saturated heterocycles. The van der Waals surface area contributed by atoms with Gasteiger partial charge in [-0.05, 0) is 18.8 Å². The Labute approximate surface area is 79.7 Å². The lowest BCUT2D eigenvalue weighted by Gasteiger charge is -2.35. The lowest BCUT2D eigenvalue weighted by molar-refractivity contribution is -0.145. The standard InChI is InChI=1S/C10H19NO2/c1-6(2)10(7(3)4,8(5)12)9(11)13/h6-7H,1-5H3,(H2,11,13). The molecule has 0 atom stereocenters. The van der Waals surface area contributed by atoms with Crippen molar-refractivity contribution in [3.63, 3.8) is 0 Å². The number of rotatable bonds is 4. The molecule has 1 amide bonds. The first kappa shape index (κ1) is 12.1. The van der Waals surface area contributed by atoms with Crippen LogP contribution in [0.15, 0.2) is 0 Å². The predicted molar refractivity (Wildman–Crippen MR) is 52.0 cm³/mol. The first-order valence-electron chi connectivity index (χ1n) is 4.58. The highest BCUT2D eigenvalue weighted by Crippen LogP contribution is 2.36. The lowest BCUT2D eigenvalue weighted by atomic mass is 9.66. The van der Waals surface area contributed by atoms with Crippen LogP contribution in [-0.2, 0) is 9.59 Å². The van der Waals surface area contributed by atoms with Gasteiger partial charge in [0, 0.05) is 0 Å². The largest absolute Gasteiger partial charge is 0.369 e. The molecule has 0 saturated carbocycles. The van der Waals surface area contributed by atoms with E-state index in [4.69, 9.17) is 5.73 Å². The lowest BCUT2D eigenvalue weighted by Crippen LogP contribution is -2.50. The first-order chi connectivity index (χ1) is 5.77. The summed E-state index contributed by atoms with van der Waals surface area (Å²) < 4.78 is 0. The number of ketones is 1. The molecule has 76 valence electrons. The average molecular weight is 185 g/mol. The Bertz CT molecular complexity index is 195. The fourth-order valence-corrected chi connectivity index (χ4v) is 2.22. The second kappa shape index (κ2) is 3.90. The highest BCUT2D eigenvalue weighted by atomic mass is 16.2. The summed E-state index contributed by atoms with van der Waals surface area (Å²) in [7, 11) is 0. The van der Waals surface area contributed by atoms with E-state index in [0.29, 0.717) is 0 Å². The highest BCUT2D eigenvalue weighted by molar-refractivity contribution is 6.04. The van der Waals surface area contributed by atoms with Gasteiger partial charge < -0.3 is 5.73 Å². The maximum atomic E-state index is 11.5. The second-order valence-electron chi connectivity index (χ2n) is 4.10. The van der Waals surface area contributed by atoms with Crippen LogP contribution in [0.25, 0.3) is 0 Å². The quantitative estimate of drug-likeness (QED) is 0.672. The minimum absolute atomic E-state index is 0.0532. The summed E-state index contributed by atoms with van der Waals surface area (Å²) >= 11 is 0. The van der Waals surface area contributed by atoms with E-state index < -0.39 is 11.3 Å². The van der Waals surface area contributed by atoms with E-state index in [1.54, 1.807) is 0 Å². The van der Waals surface area contributed by atoms with Gasteiger partial charge in [-0.15, -0.1) is 0 Å². The van der Waals surface area contributed by atoms with Crippen LogP contribution in [0, 0.1) is 17.3 Å². The SMILES string of the molecule is CC(=O)C(C(N)=O)(C(C)C)C(C)C. The fraction of sp³-hybridized carbons (Fsp3) is 0.800. The van der Waals surface area contributed by atoms with Crippen LogP contribution >= 0.6 is 0 Å². The molecule has 0 unspecified atom stereocenters. The predicted octanol–water partition coefficient (Wildman–Crippen LogP) is 1.36. The van der Waals surface area contributed by atoms with Gasteiger partial charge >= 0.3 is 0 Å². The number of carbonyl (C=O) groups excluding carboxylic acids is 2. The summed E-state index contributed by atoms with van der Waals surface area (Å²) in [6, 6.07) is 0. The zero-order valence-electron chi connectivity index (χ0n) is 9.05. The van der Waals surface area contributed by atoms with Crippen LogP contribution in [0.3, 0.4) is 0 Å². The molecule has 3 nitrogen and oxygen atoms in total. The molecular weight excluding hydrogens is 166 g/mol. The summed E-state index contributed by atoms with van der Waals surface area (Å²) in [6.07, 6.45) is 0. The van der Waals surface area contributed by atoms with E-state index in [1.165, 1.54) is 6.92 Å². The van der Waals surface area contributed by atoms with Crippen molar-refractivity contribution in [2.45, 2.75) is 34.6 Å². The van der Waals surface area contributed by atoms with Crippen molar-refractivity contribution < 1.29 is 9.59 Å². The Morgan fingerprint density at radius 2 is 1.38 bits per heavy atom. The number of hydrogen-bond acceptors (Lipinski definition) is 2. The molecular formula is C10H19NO2. The van der Waals surface area contributed by atoms with Crippen molar-refractivity contribution in [1.29, 1.82) is 0 Å². The summed E-state index contributed by atoms with van der Waals surface area (Å²) in [5.41, 5.74) is 4.31. The summed E-state index contributed by atoms with van der Waals surface area (Å²) in [5.74, 6) is -0.750. The molecule has 0 radical (unpaired) electrons. The van der Waals surface area contributed by atoms with Crippen molar-refractivity contribution in [2.24, 2.45) is 23.0 Å². The first-order valence-corrected chi connectivity index (χ1v) is 4.58. The maximum absolute atomic E-state index is 11.5. The van der Waals surface area contributed by atoms with Crippen molar-refractivity contribution in [3.05, 3.63) is 0 Å². The third kappa shape index (κ3) is 1.74. The summed E-state index contributed by atoms with van der Waals surface area (Å²) in [5, 5.41) is 0. The minimum Gasteiger partial charge on any atom is -0.369 e. The van der Waals surface area contributed by atoms with Gasteiger partial charge in [0.25, 0.3) is 0 Å². The number of Topliss-reactive ketones (excluding diaryl/α,β-unsaturated/α-hetero) is 1. The van der Waals surface area contributed by atoms with Gasteiger partial charge in [0.15, 0.2) is 0 Å². The van der Waals surface area contributed by atoms with Crippen LogP contribution in [0.4, 0.5) is 0 Å². The van der Waals surface area contributed by atoms with E-state index in [2.05, 4.69) is 0 Å². The molecule has 0 aliphatic carbocycles. The molecule has 0 aliphatic rings. The fourth-order valence-electron chi connectivity index (χ4n) is 2.22. The number of carbonyl (C=O) groups is 2. The molecule has 13 heavy (non-hydrogen) atoms. The molecule has 0 aliphatic heterocycles. The molecule has 2 N–H and O–H groups in total. The highest BCUT2D eigenvalue weighted by Gasteiger charge is 2.47. The Morgan fingerprint density at radius 1 is 1.08 bits per heavy atom. The molecule has 0 rings (SSSR count). The topological polar surface area (TPSA) is 60.2 Å². The number of hydrogen-bond donors (Lipinski definition) is 1. The normalized spacial score (nSPS) is 12.2. The molecule has 0 spiro atoms. The van der Waals surface area contributed by atoms with Gasteiger partial charge in [0.1, 0.15) is 11.2 Å². The third-order valence-electron chi connectivity index (χ3n) is 2.81. The number of nitrogens with two attached hydrogens (primary N) is 1. The minimum atomic E-state index is -1.00. The van der Waals surface area contributed by atoms with Crippen molar-refractivity contribution >= 4 is 11.7 Å². The van der Waals surface area contributed by atoms with Gasteiger partial charge in [-0.25, -0.2) is 0 Å². The van der Waals surface area contributed by atoms with E-state index >= 15 is 0 Å². The van der Waals surface area contributed by atoms with Gasteiger partial charge in [0.05, 0.1) is 0 Å². The van der Waals surface area contributed by atoms with Crippen LogP contribution in [-0.4, -0.2) is 11.7 Å². The molecule has 0 aromatic carbocycles. The maximum Gasteiger partial charge on any atom is 0.231 e. The smallest absolute Gasteiger partial charge is 0.231 e. The van der Waals surface area contributed by atoms with Gasteiger partial charge in [-0.2, -0.15) is 0 Å². The van der Waals surface area contributed by atoms with Crippen LogP contribution < -0.4 is 5.73 Å². The van der Waals surface area contributed by atoms with Crippen molar-refractivity contribution in [3.8, 4) is 0 Å². The zero-order chi connectivity index (χ0) is 10.8. The van der Waals surface area contributed by atoms with Gasteiger partial charge in [-0.3, -0.25) is 9.59 Å². The summed E-state index contributed by atoms with van der Waals surface area (Å²) in [6.45, 7) is 8.85. The van der Waals surface area contributed by atoms with Gasteiger partial charge in [-0.1, -0.05) is 27.7 Å². The van der Waals surface area contributed by atoms with Crippen molar-refractivity contribution in [2.75, 3.05) is 0 Å². The van der Waals surface area contributed by atoms with E-state index in [0.717, 1.165) is 0 Å². The second-order valence-corrected chi connectivity index (χ2v) is 4.10. The summed E-state index contributed by atoms with van der Waals surface area (Å²) in [4.78, 5) is 22.8. The Hall–Kier alpha value is -0.860. The third-order valence-corrected chi connectivity index (χ3v) is 2.81. The zero-order valence-corrected chi connectivity index (χ0v) is 9.05. The number of primary amides is 1. The average Bonchev–Trinajstić information content (AvgIpc) is 1.82. The Morgan fingerprint density at radius 3 is 1.38 bits per heavy atom. The van der Waals surface area contributed by atoms with E-state index in [9.17, 15) is 9.59 Å². The number of amides is 1. The molecule has 0 bridgehead atoms. The van der Waals surface area contributed by atoms with E-state index in [1.807, 2.05) is 27.7 Å².